The van der Waals surface area contributed by atoms with Crippen molar-refractivity contribution in [3.63, 3.8) is 0 Å². The molecule has 0 fully saturated rings. The van der Waals surface area contributed by atoms with E-state index in [1.165, 1.54) is 24.3 Å². The van der Waals surface area contributed by atoms with Crippen molar-refractivity contribution in [2.24, 2.45) is 0 Å². The summed E-state index contributed by atoms with van der Waals surface area (Å²) in [5, 5.41) is 4.77. The van der Waals surface area contributed by atoms with Crippen LogP contribution in [0.15, 0.2) is 30.3 Å². The van der Waals surface area contributed by atoms with Crippen molar-refractivity contribution in [3.8, 4) is 0 Å². The first-order valence-electron chi connectivity index (χ1n) is 6.07. The topological polar surface area (TPSA) is 41.1 Å². The molecule has 0 radical (unpaired) electrons. The average Bonchev–Trinajstić information content (AvgIpc) is 2.36. The third-order valence-electron chi connectivity index (χ3n) is 2.50. The van der Waals surface area contributed by atoms with Crippen LogP contribution in [0.4, 0.5) is 13.2 Å². The Morgan fingerprint density at radius 3 is 2.42 bits per heavy atom. The van der Waals surface area contributed by atoms with E-state index in [0.717, 1.165) is 6.42 Å². The monoisotopic (exact) mass is 274 g/mol. The van der Waals surface area contributed by atoms with E-state index in [4.69, 9.17) is 0 Å². The lowest BCUT2D eigenvalue weighted by Gasteiger charge is -2.21. The zero-order valence-electron chi connectivity index (χ0n) is 10.6. The number of nitrogens with one attached hydrogen (secondary N) is 2. The van der Waals surface area contributed by atoms with Crippen LogP contribution in [0.2, 0.25) is 0 Å². The number of amides is 1. The molecule has 1 unspecified atom stereocenters. The van der Waals surface area contributed by atoms with Crippen LogP contribution in [0.5, 0.6) is 0 Å². The van der Waals surface area contributed by atoms with Gasteiger partial charge < -0.3 is 5.32 Å². The SMILES string of the molecule is CCCNC(=O)CNC(c1ccccc1)C(F)(F)F. The van der Waals surface area contributed by atoms with Gasteiger partial charge in [-0.3, -0.25) is 10.1 Å². The van der Waals surface area contributed by atoms with Crippen LogP contribution in [0.3, 0.4) is 0 Å². The minimum absolute atomic E-state index is 0.0956. The van der Waals surface area contributed by atoms with Crippen LogP contribution < -0.4 is 10.6 Å². The number of alkyl halides is 3. The van der Waals surface area contributed by atoms with Gasteiger partial charge in [-0.15, -0.1) is 0 Å². The molecule has 106 valence electrons. The van der Waals surface area contributed by atoms with Gasteiger partial charge >= 0.3 is 6.18 Å². The summed E-state index contributed by atoms with van der Waals surface area (Å²) in [7, 11) is 0. The third kappa shape index (κ3) is 5.30. The van der Waals surface area contributed by atoms with Crippen molar-refractivity contribution in [1.82, 2.24) is 10.6 Å². The number of halogens is 3. The Kier molecular flexibility index (Phi) is 5.82. The number of hydrogen-bond donors (Lipinski definition) is 2. The summed E-state index contributed by atoms with van der Waals surface area (Å²) >= 11 is 0. The molecule has 6 heteroatoms. The second-order valence-electron chi connectivity index (χ2n) is 4.12. The molecule has 0 aliphatic heterocycles. The molecule has 0 saturated heterocycles. The normalized spacial score (nSPS) is 13.1. The number of hydrogen-bond acceptors (Lipinski definition) is 2. The number of rotatable bonds is 6. The Hall–Kier alpha value is -1.56. The molecular formula is C13H17F3N2O. The molecule has 0 aliphatic carbocycles. The van der Waals surface area contributed by atoms with E-state index in [9.17, 15) is 18.0 Å². The molecule has 1 aromatic carbocycles. The molecule has 0 aliphatic rings. The largest absolute Gasteiger partial charge is 0.407 e. The van der Waals surface area contributed by atoms with Gasteiger partial charge in [-0.25, -0.2) is 0 Å². The molecule has 0 saturated carbocycles. The Bertz CT molecular complexity index is 393. The lowest BCUT2D eigenvalue weighted by Crippen LogP contribution is -2.41. The zero-order valence-corrected chi connectivity index (χ0v) is 10.6. The Balaban J connectivity index is 2.65. The average molecular weight is 274 g/mol. The van der Waals surface area contributed by atoms with Gasteiger partial charge in [0.25, 0.3) is 0 Å². The molecule has 3 nitrogen and oxygen atoms in total. The Morgan fingerprint density at radius 2 is 1.89 bits per heavy atom. The van der Waals surface area contributed by atoms with Gasteiger partial charge in [-0.1, -0.05) is 37.3 Å². The summed E-state index contributed by atoms with van der Waals surface area (Å²) in [4.78, 5) is 11.3. The van der Waals surface area contributed by atoms with Gasteiger partial charge in [0.05, 0.1) is 6.54 Å². The van der Waals surface area contributed by atoms with Crippen LogP contribution in [-0.4, -0.2) is 25.2 Å². The smallest absolute Gasteiger partial charge is 0.355 e. The molecule has 1 atom stereocenters. The molecule has 0 heterocycles. The van der Waals surface area contributed by atoms with E-state index >= 15 is 0 Å². The van der Waals surface area contributed by atoms with E-state index in [0.29, 0.717) is 6.54 Å². The van der Waals surface area contributed by atoms with E-state index in [1.807, 2.05) is 6.92 Å². The van der Waals surface area contributed by atoms with Crippen molar-refractivity contribution >= 4 is 5.91 Å². The van der Waals surface area contributed by atoms with Crippen LogP contribution >= 0.6 is 0 Å². The first-order valence-corrected chi connectivity index (χ1v) is 6.07. The lowest BCUT2D eigenvalue weighted by atomic mass is 10.1. The Morgan fingerprint density at radius 1 is 1.26 bits per heavy atom. The molecule has 0 spiro atoms. The first-order chi connectivity index (χ1) is 8.95. The van der Waals surface area contributed by atoms with Gasteiger partial charge in [-0.05, 0) is 12.0 Å². The van der Waals surface area contributed by atoms with Gasteiger partial charge in [0.15, 0.2) is 0 Å². The molecule has 19 heavy (non-hydrogen) atoms. The molecule has 2 N–H and O–H groups in total. The summed E-state index contributed by atoms with van der Waals surface area (Å²) in [5.41, 5.74) is 0.0956. The molecular weight excluding hydrogens is 257 g/mol. The molecule has 0 bridgehead atoms. The van der Waals surface area contributed by atoms with Crippen molar-refractivity contribution in [1.29, 1.82) is 0 Å². The highest BCUT2D eigenvalue weighted by molar-refractivity contribution is 5.78. The van der Waals surface area contributed by atoms with Gasteiger partial charge in [-0.2, -0.15) is 13.2 Å². The number of carbonyl (C=O) groups excluding carboxylic acids is 1. The standard InChI is InChI=1S/C13H17F3N2O/c1-2-8-17-11(19)9-18-12(13(14,15)16)10-6-4-3-5-7-10/h3-7,12,18H,2,8-9H2,1H3,(H,17,19). The summed E-state index contributed by atoms with van der Waals surface area (Å²) in [5.74, 6) is -0.438. The Labute approximate surface area is 110 Å². The van der Waals surface area contributed by atoms with Crippen LogP contribution in [0, 0.1) is 0 Å². The van der Waals surface area contributed by atoms with E-state index in [2.05, 4.69) is 10.6 Å². The maximum absolute atomic E-state index is 12.9. The predicted octanol–water partition coefficient (Wildman–Crippen LogP) is 2.41. The predicted molar refractivity (Wildman–Crippen MR) is 66.5 cm³/mol. The first kappa shape index (κ1) is 15.5. The maximum atomic E-state index is 12.9. The van der Waals surface area contributed by atoms with Crippen molar-refractivity contribution in [3.05, 3.63) is 35.9 Å². The van der Waals surface area contributed by atoms with Crippen molar-refractivity contribution in [2.45, 2.75) is 25.6 Å². The van der Waals surface area contributed by atoms with Crippen molar-refractivity contribution in [2.75, 3.05) is 13.1 Å². The summed E-state index contributed by atoms with van der Waals surface area (Å²) in [6, 6.07) is 5.65. The molecule has 1 rings (SSSR count). The highest BCUT2D eigenvalue weighted by Gasteiger charge is 2.40. The number of benzene rings is 1. The van der Waals surface area contributed by atoms with Crippen LogP contribution in [-0.2, 0) is 4.79 Å². The fourth-order valence-electron chi connectivity index (χ4n) is 1.59. The zero-order chi connectivity index (χ0) is 14.3. The second kappa shape index (κ2) is 7.13. The van der Waals surface area contributed by atoms with E-state index in [1.54, 1.807) is 6.07 Å². The van der Waals surface area contributed by atoms with Gasteiger partial charge in [0, 0.05) is 6.54 Å². The van der Waals surface area contributed by atoms with Crippen LogP contribution in [0.1, 0.15) is 24.9 Å². The highest BCUT2D eigenvalue weighted by atomic mass is 19.4. The van der Waals surface area contributed by atoms with Crippen LogP contribution in [0.25, 0.3) is 0 Å². The molecule has 1 amide bonds. The second-order valence-corrected chi connectivity index (χ2v) is 4.12. The van der Waals surface area contributed by atoms with E-state index in [-0.39, 0.29) is 12.1 Å². The molecule has 1 aromatic rings. The number of carbonyl (C=O) groups is 1. The lowest BCUT2D eigenvalue weighted by molar-refractivity contribution is -0.158. The third-order valence-corrected chi connectivity index (χ3v) is 2.50. The van der Waals surface area contributed by atoms with Gasteiger partial charge in [0.1, 0.15) is 6.04 Å². The summed E-state index contributed by atoms with van der Waals surface area (Å²) in [6.07, 6.45) is -3.69. The van der Waals surface area contributed by atoms with Crippen molar-refractivity contribution < 1.29 is 18.0 Å². The summed E-state index contributed by atoms with van der Waals surface area (Å²) in [6.45, 7) is 1.97. The van der Waals surface area contributed by atoms with Gasteiger partial charge in [0.2, 0.25) is 5.91 Å². The fourth-order valence-corrected chi connectivity index (χ4v) is 1.59. The quantitative estimate of drug-likeness (QED) is 0.836. The highest BCUT2D eigenvalue weighted by Crippen LogP contribution is 2.32. The fraction of sp³-hybridized carbons (Fsp3) is 0.462. The summed E-state index contributed by atoms with van der Waals surface area (Å²) < 4.78 is 38.7. The van der Waals surface area contributed by atoms with E-state index < -0.39 is 18.1 Å². The molecule has 0 aromatic heterocycles. The maximum Gasteiger partial charge on any atom is 0.407 e. The minimum atomic E-state index is -4.44. The minimum Gasteiger partial charge on any atom is -0.355 e.